The van der Waals surface area contributed by atoms with E-state index in [1.807, 2.05) is 13.0 Å². The molecule has 1 N–H and O–H groups in total. The van der Waals surface area contributed by atoms with Crippen LogP contribution in [0.5, 0.6) is 0 Å². The van der Waals surface area contributed by atoms with Gasteiger partial charge in [0.05, 0.1) is 24.6 Å². The molecule has 3 rings (SSSR count). The molecule has 2 aliphatic rings. The quantitative estimate of drug-likeness (QED) is 0.909. The summed E-state index contributed by atoms with van der Waals surface area (Å²) in [5, 5.41) is 4.27. The first-order valence-corrected chi connectivity index (χ1v) is 7.28. The highest BCUT2D eigenvalue weighted by atomic mass is 19.1. The number of benzene rings is 1. The fourth-order valence-corrected chi connectivity index (χ4v) is 2.83. The molecule has 1 fully saturated rings. The number of anilines is 1. The van der Waals surface area contributed by atoms with Crippen molar-refractivity contribution in [3.05, 3.63) is 41.4 Å². The second kappa shape index (κ2) is 5.85. The van der Waals surface area contributed by atoms with Gasteiger partial charge in [0.25, 0.3) is 0 Å². The van der Waals surface area contributed by atoms with Crippen LogP contribution in [0, 0.1) is 12.7 Å². The molecule has 5 heteroatoms. The third-order valence-corrected chi connectivity index (χ3v) is 3.93. The van der Waals surface area contributed by atoms with Crippen LogP contribution in [0.2, 0.25) is 0 Å². The Kier molecular flexibility index (Phi) is 3.92. The second-order valence-corrected chi connectivity index (χ2v) is 5.50. The van der Waals surface area contributed by atoms with Crippen molar-refractivity contribution < 1.29 is 9.13 Å². The van der Waals surface area contributed by atoms with Crippen LogP contribution in [-0.4, -0.2) is 32.0 Å². The number of morpholine rings is 1. The van der Waals surface area contributed by atoms with Crippen LogP contribution in [-0.2, 0) is 4.74 Å². The maximum atomic E-state index is 14.6. The summed E-state index contributed by atoms with van der Waals surface area (Å²) < 4.78 is 19.9. The van der Waals surface area contributed by atoms with E-state index in [-0.39, 0.29) is 5.82 Å². The van der Waals surface area contributed by atoms with E-state index in [9.17, 15) is 4.39 Å². The number of ether oxygens (including phenoxy) is 1. The van der Waals surface area contributed by atoms with Crippen molar-refractivity contribution in [1.82, 2.24) is 5.43 Å². The number of rotatable bonds is 2. The average Bonchev–Trinajstić information content (AvgIpc) is 2.48. The standard InChI is InChI=1S/C16H20FN3O/c1-11-9-13(15-4-3-12(2)18-19-15)10-14(17)16(11)20-5-7-21-8-6-20/h9-10,18H,2-8H2,1H3. The summed E-state index contributed by atoms with van der Waals surface area (Å²) in [6.07, 6.45) is 1.63. The predicted octanol–water partition coefficient (Wildman–Crippen LogP) is 2.57. The van der Waals surface area contributed by atoms with Crippen molar-refractivity contribution in [3.8, 4) is 0 Å². The number of aryl methyl sites for hydroxylation is 1. The molecule has 0 bridgehead atoms. The number of halogens is 1. The van der Waals surface area contributed by atoms with Crippen molar-refractivity contribution in [1.29, 1.82) is 0 Å². The molecule has 0 aliphatic carbocycles. The van der Waals surface area contributed by atoms with Gasteiger partial charge in [0.2, 0.25) is 0 Å². The largest absolute Gasteiger partial charge is 0.378 e. The molecule has 4 nitrogen and oxygen atoms in total. The fraction of sp³-hybridized carbons (Fsp3) is 0.438. The molecule has 112 valence electrons. The van der Waals surface area contributed by atoms with Crippen LogP contribution in [0.15, 0.2) is 29.5 Å². The number of allylic oxidation sites excluding steroid dienone is 1. The van der Waals surface area contributed by atoms with Crippen LogP contribution >= 0.6 is 0 Å². The summed E-state index contributed by atoms with van der Waals surface area (Å²) in [6.45, 7) is 8.57. The lowest BCUT2D eigenvalue weighted by atomic mass is 10.00. The minimum absolute atomic E-state index is 0.181. The molecular formula is C16H20FN3O. The normalized spacial score (nSPS) is 19.2. The molecule has 2 heterocycles. The number of nitrogens with zero attached hydrogens (tertiary/aromatic N) is 2. The molecule has 1 saturated heterocycles. The van der Waals surface area contributed by atoms with Gasteiger partial charge in [-0.3, -0.25) is 5.43 Å². The third kappa shape index (κ3) is 2.93. The van der Waals surface area contributed by atoms with Gasteiger partial charge in [-0.1, -0.05) is 6.58 Å². The van der Waals surface area contributed by atoms with E-state index in [0.29, 0.717) is 18.9 Å². The Hall–Kier alpha value is -1.88. The number of hydrogen-bond acceptors (Lipinski definition) is 4. The van der Waals surface area contributed by atoms with Crippen LogP contribution < -0.4 is 10.3 Å². The van der Waals surface area contributed by atoms with Crippen LogP contribution in [0.1, 0.15) is 24.0 Å². The lowest BCUT2D eigenvalue weighted by Gasteiger charge is -2.30. The molecule has 0 atom stereocenters. The minimum atomic E-state index is -0.181. The first-order chi connectivity index (χ1) is 10.1. The zero-order chi connectivity index (χ0) is 14.8. The molecular weight excluding hydrogens is 269 g/mol. The molecule has 0 saturated carbocycles. The molecule has 0 unspecified atom stereocenters. The number of nitrogens with one attached hydrogen (secondary N) is 1. The van der Waals surface area contributed by atoms with E-state index in [4.69, 9.17) is 4.74 Å². The van der Waals surface area contributed by atoms with E-state index in [2.05, 4.69) is 22.0 Å². The molecule has 1 aromatic rings. The Morgan fingerprint density at radius 2 is 2.05 bits per heavy atom. The van der Waals surface area contributed by atoms with Gasteiger partial charge in [0, 0.05) is 24.4 Å². The molecule has 2 aliphatic heterocycles. The minimum Gasteiger partial charge on any atom is -0.378 e. The summed E-state index contributed by atoms with van der Waals surface area (Å²) in [7, 11) is 0. The SMILES string of the molecule is C=C1CCC(c2cc(C)c(N3CCOCC3)c(F)c2)=NN1. The van der Waals surface area contributed by atoms with Gasteiger partial charge >= 0.3 is 0 Å². The summed E-state index contributed by atoms with van der Waals surface area (Å²) in [5.74, 6) is -0.181. The smallest absolute Gasteiger partial charge is 0.147 e. The van der Waals surface area contributed by atoms with Gasteiger partial charge in [-0.05, 0) is 37.5 Å². The average molecular weight is 289 g/mol. The highest BCUT2D eigenvalue weighted by Crippen LogP contribution is 2.28. The first-order valence-electron chi connectivity index (χ1n) is 7.28. The molecule has 0 aromatic heterocycles. The van der Waals surface area contributed by atoms with Crippen molar-refractivity contribution in [2.24, 2.45) is 5.10 Å². The Morgan fingerprint density at radius 1 is 1.29 bits per heavy atom. The van der Waals surface area contributed by atoms with Gasteiger partial charge in [0.15, 0.2) is 0 Å². The number of hydrogen-bond donors (Lipinski definition) is 1. The molecule has 0 radical (unpaired) electrons. The summed E-state index contributed by atoms with van der Waals surface area (Å²) >= 11 is 0. The zero-order valence-corrected chi connectivity index (χ0v) is 12.3. The van der Waals surface area contributed by atoms with Crippen LogP contribution in [0.25, 0.3) is 0 Å². The topological polar surface area (TPSA) is 36.9 Å². The van der Waals surface area contributed by atoms with Crippen molar-refractivity contribution in [2.45, 2.75) is 19.8 Å². The lowest BCUT2D eigenvalue weighted by Crippen LogP contribution is -2.37. The molecule has 0 amide bonds. The monoisotopic (exact) mass is 289 g/mol. The summed E-state index contributed by atoms with van der Waals surface area (Å²) in [5.41, 5.74) is 7.17. The molecule has 0 spiro atoms. The van der Waals surface area contributed by atoms with Gasteiger partial charge in [-0.15, -0.1) is 0 Å². The van der Waals surface area contributed by atoms with E-state index < -0.39 is 0 Å². The predicted molar refractivity (Wildman–Crippen MR) is 82.2 cm³/mol. The van der Waals surface area contributed by atoms with Crippen molar-refractivity contribution in [3.63, 3.8) is 0 Å². The molecule has 21 heavy (non-hydrogen) atoms. The van der Waals surface area contributed by atoms with E-state index in [1.165, 1.54) is 0 Å². The van der Waals surface area contributed by atoms with Crippen LogP contribution in [0.3, 0.4) is 0 Å². The number of hydrazone groups is 1. The highest BCUT2D eigenvalue weighted by molar-refractivity contribution is 6.01. The van der Waals surface area contributed by atoms with Gasteiger partial charge in [-0.2, -0.15) is 5.10 Å². The zero-order valence-electron chi connectivity index (χ0n) is 12.3. The van der Waals surface area contributed by atoms with Crippen LogP contribution in [0.4, 0.5) is 10.1 Å². The Balaban J connectivity index is 1.90. The Morgan fingerprint density at radius 3 is 2.67 bits per heavy atom. The maximum absolute atomic E-state index is 14.6. The lowest BCUT2D eigenvalue weighted by molar-refractivity contribution is 0.122. The van der Waals surface area contributed by atoms with E-state index >= 15 is 0 Å². The van der Waals surface area contributed by atoms with Gasteiger partial charge in [0.1, 0.15) is 5.82 Å². The van der Waals surface area contributed by atoms with Crippen molar-refractivity contribution >= 4 is 11.4 Å². The Labute approximate surface area is 124 Å². The summed E-state index contributed by atoms with van der Waals surface area (Å²) in [6, 6.07) is 3.61. The molecule has 1 aromatic carbocycles. The first kappa shape index (κ1) is 14.1. The second-order valence-electron chi connectivity index (χ2n) is 5.50. The van der Waals surface area contributed by atoms with E-state index in [0.717, 1.165) is 48.5 Å². The highest BCUT2D eigenvalue weighted by Gasteiger charge is 2.20. The maximum Gasteiger partial charge on any atom is 0.147 e. The van der Waals surface area contributed by atoms with E-state index in [1.54, 1.807) is 6.07 Å². The third-order valence-electron chi connectivity index (χ3n) is 3.93. The Bertz CT molecular complexity index is 568. The van der Waals surface area contributed by atoms with Crippen molar-refractivity contribution in [2.75, 3.05) is 31.2 Å². The summed E-state index contributed by atoms with van der Waals surface area (Å²) in [4.78, 5) is 2.06. The van der Waals surface area contributed by atoms with Gasteiger partial charge < -0.3 is 9.64 Å². The van der Waals surface area contributed by atoms with Gasteiger partial charge in [-0.25, -0.2) is 4.39 Å². The fourth-order valence-electron chi connectivity index (χ4n) is 2.83.